The van der Waals surface area contributed by atoms with Crippen molar-refractivity contribution in [1.82, 2.24) is 10.3 Å². The lowest BCUT2D eigenvalue weighted by molar-refractivity contribution is -0.212. The second-order valence-electron chi connectivity index (χ2n) is 9.01. The molecular formula is C28H29ClFN5O5. The van der Waals surface area contributed by atoms with Crippen molar-refractivity contribution in [2.75, 3.05) is 44.6 Å². The minimum Gasteiger partial charge on any atom is -0.486 e. The predicted molar refractivity (Wildman–Crippen MR) is 149 cm³/mol. The minimum atomic E-state index is -0.993. The summed E-state index contributed by atoms with van der Waals surface area (Å²) in [4.78, 5) is 17.3. The number of pyridine rings is 1. The van der Waals surface area contributed by atoms with Crippen molar-refractivity contribution < 1.29 is 28.1 Å². The van der Waals surface area contributed by atoms with Gasteiger partial charge < -0.3 is 29.6 Å². The number of rotatable bonds is 11. The van der Waals surface area contributed by atoms with Gasteiger partial charge in [-0.2, -0.15) is 5.26 Å². The number of anilines is 3. The van der Waals surface area contributed by atoms with Crippen LogP contribution in [0.5, 0.6) is 5.75 Å². The standard InChI is InChI=1S/C28H29ClFN5O5/c1-28(37-2,38-3)33-9-4-5-26(36)35-24-12-20-23(13-25(24)40-19-8-10-39-16-19)32-15-17(14-31)27(20)34-18-6-7-22(30)21(29)11-18/h4-7,11-13,15,19,33H,8-10,16H2,1-3H3,(H,32,34)(H,35,36). The van der Waals surface area contributed by atoms with Crippen LogP contribution in [0.3, 0.4) is 0 Å². The molecule has 1 atom stereocenters. The van der Waals surface area contributed by atoms with E-state index in [1.807, 2.05) is 0 Å². The summed E-state index contributed by atoms with van der Waals surface area (Å²) in [6.45, 7) is 3.01. The zero-order valence-electron chi connectivity index (χ0n) is 22.2. The highest BCUT2D eigenvalue weighted by Gasteiger charge is 2.22. The molecule has 0 spiro atoms. The lowest BCUT2D eigenvalue weighted by Crippen LogP contribution is -2.45. The van der Waals surface area contributed by atoms with Crippen molar-refractivity contribution in [3.05, 3.63) is 65.1 Å². The number of benzene rings is 2. The smallest absolute Gasteiger partial charge is 0.248 e. The molecule has 1 amide bonds. The average Bonchev–Trinajstić information content (AvgIpc) is 3.47. The number of methoxy groups -OCH3 is 2. The third kappa shape index (κ3) is 7.04. The molecule has 0 saturated carbocycles. The van der Waals surface area contributed by atoms with Crippen molar-refractivity contribution in [2.24, 2.45) is 0 Å². The molecule has 0 radical (unpaired) electrons. The van der Waals surface area contributed by atoms with Gasteiger partial charge in [0.1, 0.15) is 23.7 Å². The number of hydrogen-bond acceptors (Lipinski definition) is 9. The highest BCUT2D eigenvalue weighted by atomic mass is 35.5. The van der Waals surface area contributed by atoms with Crippen LogP contribution in [0.25, 0.3) is 10.9 Å². The molecule has 1 aliphatic rings. The highest BCUT2D eigenvalue weighted by Crippen LogP contribution is 2.37. The first-order valence-electron chi connectivity index (χ1n) is 12.4. The van der Waals surface area contributed by atoms with Gasteiger partial charge in [-0.1, -0.05) is 17.7 Å². The fraction of sp³-hybridized carbons (Fsp3) is 0.321. The van der Waals surface area contributed by atoms with Crippen molar-refractivity contribution in [1.29, 1.82) is 5.26 Å². The van der Waals surface area contributed by atoms with Crippen LogP contribution in [0.15, 0.2) is 48.7 Å². The molecule has 1 aromatic heterocycles. The maximum Gasteiger partial charge on any atom is 0.248 e. The van der Waals surface area contributed by atoms with E-state index in [9.17, 15) is 14.4 Å². The fourth-order valence-corrected chi connectivity index (χ4v) is 4.13. The number of nitrogens with zero attached hydrogens (tertiary/aromatic N) is 2. The highest BCUT2D eigenvalue weighted by molar-refractivity contribution is 6.31. The van der Waals surface area contributed by atoms with E-state index in [1.165, 1.54) is 44.7 Å². The van der Waals surface area contributed by atoms with Gasteiger partial charge in [0.2, 0.25) is 11.8 Å². The predicted octanol–water partition coefficient (Wildman–Crippen LogP) is 4.86. The Hall–Kier alpha value is -3.79. The lowest BCUT2D eigenvalue weighted by atomic mass is 10.1. The van der Waals surface area contributed by atoms with Gasteiger partial charge in [-0.3, -0.25) is 15.1 Å². The normalized spacial score (nSPS) is 15.3. The molecule has 2 heterocycles. The number of hydrogen-bond donors (Lipinski definition) is 3. The Labute approximate surface area is 236 Å². The van der Waals surface area contributed by atoms with Crippen LogP contribution in [-0.2, 0) is 19.0 Å². The van der Waals surface area contributed by atoms with E-state index < -0.39 is 17.6 Å². The number of ether oxygens (including phenoxy) is 4. The summed E-state index contributed by atoms with van der Waals surface area (Å²) in [5.74, 6) is -1.56. The zero-order chi connectivity index (χ0) is 28.7. The maximum atomic E-state index is 13.7. The third-order valence-corrected chi connectivity index (χ3v) is 6.60. The number of fused-ring (bicyclic) bond motifs is 1. The van der Waals surface area contributed by atoms with Gasteiger partial charge >= 0.3 is 0 Å². The molecule has 12 heteroatoms. The Morgan fingerprint density at radius 3 is 2.80 bits per heavy atom. The number of amides is 1. The van der Waals surface area contributed by atoms with E-state index in [0.29, 0.717) is 59.9 Å². The third-order valence-electron chi connectivity index (χ3n) is 6.31. The molecule has 1 aliphatic heterocycles. The van der Waals surface area contributed by atoms with Crippen LogP contribution in [0.2, 0.25) is 5.02 Å². The van der Waals surface area contributed by atoms with Gasteiger partial charge in [-0.15, -0.1) is 0 Å². The lowest BCUT2D eigenvalue weighted by Gasteiger charge is -2.26. The molecular weight excluding hydrogens is 541 g/mol. The minimum absolute atomic E-state index is 0.0677. The van der Waals surface area contributed by atoms with E-state index in [-0.39, 0.29) is 16.7 Å². The SMILES string of the molecule is COC(C)(NCC=CC(=O)Nc1cc2c(Nc3ccc(F)c(Cl)c3)c(C#N)cnc2cc1OC1CCOC1)OC. The van der Waals surface area contributed by atoms with Gasteiger partial charge in [0.15, 0.2) is 0 Å². The van der Waals surface area contributed by atoms with Gasteiger partial charge in [-0.05, 0) is 24.3 Å². The molecule has 3 N–H and O–H groups in total. The molecule has 210 valence electrons. The number of carbonyl (C=O) groups excluding carboxylic acids is 1. The first kappa shape index (κ1) is 29.2. The molecule has 10 nitrogen and oxygen atoms in total. The molecule has 3 aromatic rings. The molecule has 40 heavy (non-hydrogen) atoms. The average molecular weight is 570 g/mol. The number of nitriles is 1. The fourth-order valence-electron chi connectivity index (χ4n) is 3.95. The van der Waals surface area contributed by atoms with Gasteiger partial charge in [0.25, 0.3) is 0 Å². The first-order valence-corrected chi connectivity index (χ1v) is 12.8. The monoisotopic (exact) mass is 569 g/mol. The molecule has 4 rings (SSSR count). The van der Waals surface area contributed by atoms with Crippen LogP contribution in [0.4, 0.5) is 21.5 Å². The van der Waals surface area contributed by atoms with Crippen molar-refractivity contribution in [3.63, 3.8) is 0 Å². The Kier molecular flexibility index (Phi) is 9.52. The van der Waals surface area contributed by atoms with E-state index in [1.54, 1.807) is 25.1 Å². The summed E-state index contributed by atoms with van der Waals surface area (Å²) in [6.07, 6.45) is 4.94. The van der Waals surface area contributed by atoms with E-state index in [2.05, 4.69) is 27.0 Å². The number of carbonyl (C=O) groups is 1. The number of aromatic nitrogens is 1. The second kappa shape index (κ2) is 13.0. The Morgan fingerprint density at radius 2 is 2.12 bits per heavy atom. The molecule has 0 bridgehead atoms. The van der Waals surface area contributed by atoms with E-state index in [4.69, 9.17) is 30.5 Å². The number of nitrogens with one attached hydrogen (secondary N) is 3. The number of halogens is 2. The van der Waals surface area contributed by atoms with Crippen LogP contribution < -0.4 is 20.7 Å². The van der Waals surface area contributed by atoms with Crippen LogP contribution in [0.1, 0.15) is 18.9 Å². The van der Waals surface area contributed by atoms with Crippen molar-refractivity contribution in [3.8, 4) is 11.8 Å². The van der Waals surface area contributed by atoms with Crippen LogP contribution >= 0.6 is 11.6 Å². The molecule has 1 unspecified atom stereocenters. The van der Waals surface area contributed by atoms with Crippen LogP contribution in [0, 0.1) is 17.1 Å². The summed E-state index contributed by atoms with van der Waals surface area (Å²) in [5, 5.41) is 19.3. The van der Waals surface area contributed by atoms with Crippen molar-refractivity contribution in [2.45, 2.75) is 25.4 Å². The Bertz CT molecular complexity index is 1450. The van der Waals surface area contributed by atoms with E-state index >= 15 is 0 Å². The molecule has 2 aromatic carbocycles. The molecule has 1 fully saturated rings. The van der Waals surface area contributed by atoms with Crippen LogP contribution in [-0.4, -0.2) is 56.9 Å². The Balaban J connectivity index is 1.67. The summed E-state index contributed by atoms with van der Waals surface area (Å²) in [7, 11) is 3.01. The Morgan fingerprint density at radius 1 is 1.32 bits per heavy atom. The zero-order valence-corrected chi connectivity index (χ0v) is 23.0. The summed E-state index contributed by atoms with van der Waals surface area (Å²) in [5.41, 5.74) is 2.02. The molecule has 1 saturated heterocycles. The van der Waals surface area contributed by atoms with Gasteiger partial charge in [-0.25, -0.2) is 4.39 Å². The van der Waals surface area contributed by atoms with Crippen molar-refractivity contribution >= 4 is 45.5 Å². The first-order chi connectivity index (χ1) is 19.2. The quantitative estimate of drug-likeness (QED) is 0.219. The second-order valence-corrected chi connectivity index (χ2v) is 9.42. The van der Waals surface area contributed by atoms with E-state index in [0.717, 1.165) is 0 Å². The largest absolute Gasteiger partial charge is 0.486 e. The van der Waals surface area contributed by atoms with Gasteiger partial charge in [0, 0.05) is 63.5 Å². The summed E-state index contributed by atoms with van der Waals surface area (Å²) in [6, 6.07) is 9.64. The maximum absolute atomic E-state index is 13.7. The van der Waals surface area contributed by atoms with Gasteiger partial charge in [0.05, 0.1) is 40.7 Å². The topological polar surface area (TPSA) is 127 Å². The summed E-state index contributed by atoms with van der Waals surface area (Å²) < 4.78 is 35.8. The molecule has 0 aliphatic carbocycles. The summed E-state index contributed by atoms with van der Waals surface area (Å²) >= 11 is 5.96.